The molecule has 0 unspecified atom stereocenters. The maximum absolute atomic E-state index is 14.2. The molecule has 0 N–H and O–H groups in total. The normalized spacial score (nSPS) is 13.3. The van der Waals surface area contributed by atoms with Crippen LogP contribution in [0.4, 0.5) is 0 Å². The number of carbonyl (C=O) groups excluding carboxylic acids is 1. The molecule has 0 spiro atoms. The molecule has 1 saturated heterocycles. The minimum atomic E-state index is 0.0293. The Balaban J connectivity index is 1.01. The highest BCUT2D eigenvalue weighted by Crippen LogP contribution is 2.27. The van der Waals surface area contributed by atoms with Crippen LogP contribution in [-0.4, -0.2) is 47.4 Å². The second-order valence-electron chi connectivity index (χ2n) is 13.2. The van der Waals surface area contributed by atoms with Crippen molar-refractivity contribution in [2.45, 2.75) is 25.9 Å². The van der Waals surface area contributed by atoms with Crippen molar-refractivity contribution in [1.29, 1.82) is 0 Å². The Labute approximate surface area is 306 Å². The second-order valence-corrected chi connectivity index (χ2v) is 13.2. The first-order chi connectivity index (χ1) is 25.6. The lowest BCUT2D eigenvalue weighted by molar-refractivity contribution is 0.0672. The van der Waals surface area contributed by atoms with Crippen molar-refractivity contribution in [3.05, 3.63) is 168 Å². The molecule has 0 atom stereocenters. The zero-order chi connectivity index (χ0) is 35.5. The van der Waals surface area contributed by atoms with E-state index in [-0.39, 0.29) is 5.91 Å². The zero-order valence-corrected chi connectivity index (χ0v) is 29.4. The average molecular weight is 690 g/mol. The highest BCUT2D eigenvalue weighted by Gasteiger charge is 2.25. The number of hydrogen-bond acceptors (Lipinski definition) is 6. The van der Waals surface area contributed by atoms with Crippen molar-refractivity contribution in [3.63, 3.8) is 0 Å². The fraction of sp³-hybridized carbons (Fsp3) is 0.200. The predicted octanol–water partition coefficient (Wildman–Crippen LogP) is 9.90. The van der Waals surface area contributed by atoms with Gasteiger partial charge in [-0.15, -0.1) is 0 Å². The Hall–Kier alpha value is -5.92. The summed E-state index contributed by atoms with van der Waals surface area (Å²) < 4.78 is 17.3. The van der Waals surface area contributed by atoms with Gasteiger partial charge in [-0.25, -0.2) is 4.98 Å². The first-order valence-corrected chi connectivity index (χ1v) is 17.8. The Morgan fingerprint density at radius 2 is 1.29 bits per heavy atom. The summed E-state index contributed by atoms with van der Waals surface area (Å²) in [5.41, 5.74) is 4.93. The molecule has 7 nitrogen and oxygen atoms in total. The van der Waals surface area contributed by atoms with Crippen LogP contribution in [0, 0.1) is 5.92 Å². The van der Waals surface area contributed by atoms with Gasteiger partial charge in [0, 0.05) is 43.0 Å². The number of aromatic nitrogens is 1. The minimum Gasteiger partial charge on any atom is -0.481 e. The highest BCUT2D eigenvalue weighted by atomic mass is 16.5. The minimum absolute atomic E-state index is 0.0293. The molecule has 262 valence electrons. The van der Waals surface area contributed by atoms with E-state index in [0.717, 1.165) is 72.2 Å². The zero-order valence-electron chi connectivity index (χ0n) is 29.4. The molecule has 6 aromatic rings. The maximum Gasteiger partial charge on any atom is 0.254 e. The summed E-state index contributed by atoms with van der Waals surface area (Å²) in [5.74, 6) is 4.24. The van der Waals surface area contributed by atoms with Gasteiger partial charge >= 0.3 is 0 Å². The lowest BCUT2D eigenvalue weighted by atomic mass is 9.95. The van der Waals surface area contributed by atoms with Crippen LogP contribution in [-0.2, 0) is 13.1 Å². The average Bonchev–Trinajstić information content (AvgIpc) is 3.20. The van der Waals surface area contributed by atoms with Gasteiger partial charge in [-0.1, -0.05) is 72.8 Å². The Bertz CT molecular complexity index is 2010. The molecule has 1 aliphatic rings. The predicted molar refractivity (Wildman–Crippen MR) is 205 cm³/mol. The number of benzene rings is 5. The molecule has 5 aromatic carbocycles. The SMILES string of the molecule is COc1ccc(-c2ccc(C(=O)N(Cc3ccc(Oc4ccccc4)cc3)CC3CCN(Cc4cccc(Oc5ccccc5)c4)CC3)cc2)cn1. The van der Waals surface area contributed by atoms with Crippen LogP contribution in [0.2, 0.25) is 0 Å². The first kappa shape index (κ1) is 34.5. The van der Waals surface area contributed by atoms with E-state index in [1.165, 1.54) is 5.56 Å². The molecule has 1 aliphatic heterocycles. The van der Waals surface area contributed by atoms with Crippen LogP contribution >= 0.6 is 0 Å². The molecular weight excluding hydrogens is 647 g/mol. The van der Waals surface area contributed by atoms with Crippen LogP contribution in [0.25, 0.3) is 11.1 Å². The van der Waals surface area contributed by atoms with Crippen LogP contribution in [0.5, 0.6) is 28.9 Å². The molecule has 1 aromatic heterocycles. The van der Waals surface area contributed by atoms with E-state index in [0.29, 0.717) is 30.5 Å². The van der Waals surface area contributed by atoms with Gasteiger partial charge in [-0.05, 0) is 115 Å². The van der Waals surface area contributed by atoms with Crippen molar-refractivity contribution < 1.29 is 19.0 Å². The largest absolute Gasteiger partial charge is 0.481 e. The number of amides is 1. The van der Waals surface area contributed by atoms with Gasteiger partial charge in [0.15, 0.2) is 0 Å². The monoisotopic (exact) mass is 689 g/mol. The van der Waals surface area contributed by atoms with E-state index in [1.54, 1.807) is 13.3 Å². The molecule has 7 rings (SSSR count). The number of carbonyl (C=O) groups is 1. The molecule has 0 aliphatic carbocycles. The maximum atomic E-state index is 14.2. The summed E-state index contributed by atoms with van der Waals surface area (Å²) in [6.45, 7) is 4.04. The molecule has 0 radical (unpaired) electrons. The van der Waals surface area contributed by atoms with Gasteiger partial charge in [0.2, 0.25) is 5.88 Å². The number of hydrogen-bond donors (Lipinski definition) is 0. The fourth-order valence-corrected chi connectivity index (χ4v) is 6.62. The van der Waals surface area contributed by atoms with Gasteiger partial charge < -0.3 is 19.1 Å². The van der Waals surface area contributed by atoms with Crippen molar-refractivity contribution in [1.82, 2.24) is 14.8 Å². The van der Waals surface area contributed by atoms with Gasteiger partial charge in [0.1, 0.15) is 23.0 Å². The molecule has 0 saturated carbocycles. The molecule has 1 amide bonds. The number of rotatable bonds is 13. The standard InChI is InChI=1S/C45H43N3O4/c1-50-44-24-21-39(30-46-44)37-17-19-38(20-18-37)45(49)48(32-34-15-22-42(23-16-34)51-40-10-4-2-5-11-40)33-35-25-27-47(28-26-35)31-36-9-8-14-43(29-36)52-41-12-6-3-7-13-41/h2-24,29-30,35H,25-28,31-33H2,1H3. The molecule has 52 heavy (non-hydrogen) atoms. The molecule has 0 bridgehead atoms. The third-order valence-electron chi connectivity index (χ3n) is 9.44. The number of likely N-dealkylation sites (tertiary alicyclic amines) is 1. The van der Waals surface area contributed by atoms with Crippen LogP contribution in [0.1, 0.15) is 34.3 Å². The van der Waals surface area contributed by atoms with Gasteiger partial charge in [-0.3, -0.25) is 9.69 Å². The van der Waals surface area contributed by atoms with Gasteiger partial charge in [-0.2, -0.15) is 0 Å². The molecule has 1 fully saturated rings. The van der Waals surface area contributed by atoms with Crippen LogP contribution < -0.4 is 14.2 Å². The van der Waals surface area contributed by atoms with E-state index in [9.17, 15) is 4.79 Å². The highest BCUT2D eigenvalue weighted by molar-refractivity contribution is 5.94. The second kappa shape index (κ2) is 16.9. The summed E-state index contributed by atoms with van der Waals surface area (Å²) in [6.07, 6.45) is 3.84. The first-order valence-electron chi connectivity index (χ1n) is 17.8. The Morgan fingerprint density at radius 1 is 0.673 bits per heavy atom. The number of para-hydroxylation sites is 2. The summed E-state index contributed by atoms with van der Waals surface area (Å²) in [5, 5.41) is 0. The summed E-state index contributed by atoms with van der Waals surface area (Å²) in [7, 11) is 1.60. The topological polar surface area (TPSA) is 64.1 Å². The fourth-order valence-electron chi connectivity index (χ4n) is 6.62. The van der Waals surface area contributed by atoms with Crippen molar-refractivity contribution >= 4 is 5.91 Å². The number of nitrogens with zero attached hydrogens (tertiary/aromatic N) is 3. The number of ether oxygens (including phenoxy) is 3. The van der Waals surface area contributed by atoms with E-state index in [4.69, 9.17) is 14.2 Å². The molecule has 7 heteroatoms. The number of piperidine rings is 1. The lowest BCUT2D eigenvalue weighted by Crippen LogP contribution is -2.40. The van der Waals surface area contributed by atoms with Gasteiger partial charge in [0.05, 0.1) is 7.11 Å². The van der Waals surface area contributed by atoms with Crippen molar-refractivity contribution in [3.8, 4) is 40.0 Å². The van der Waals surface area contributed by atoms with Gasteiger partial charge in [0.25, 0.3) is 5.91 Å². The lowest BCUT2D eigenvalue weighted by Gasteiger charge is -2.35. The summed E-state index contributed by atoms with van der Waals surface area (Å²) in [4.78, 5) is 23.0. The van der Waals surface area contributed by atoms with Crippen molar-refractivity contribution in [2.24, 2.45) is 5.92 Å². The molecule has 2 heterocycles. The van der Waals surface area contributed by atoms with E-state index < -0.39 is 0 Å². The Kier molecular flexibility index (Phi) is 11.2. The Morgan fingerprint density at radius 3 is 1.92 bits per heavy atom. The number of methoxy groups -OCH3 is 1. The smallest absolute Gasteiger partial charge is 0.254 e. The molecular formula is C45H43N3O4. The van der Waals surface area contributed by atoms with Crippen molar-refractivity contribution in [2.75, 3.05) is 26.7 Å². The van der Waals surface area contributed by atoms with E-state index >= 15 is 0 Å². The van der Waals surface area contributed by atoms with E-state index in [1.807, 2.05) is 120 Å². The van der Waals surface area contributed by atoms with Crippen LogP contribution in [0.3, 0.4) is 0 Å². The third-order valence-corrected chi connectivity index (χ3v) is 9.44. The summed E-state index contributed by atoms with van der Waals surface area (Å²) >= 11 is 0. The quantitative estimate of drug-likeness (QED) is 0.120. The summed E-state index contributed by atoms with van der Waals surface area (Å²) in [6, 6.07) is 47.7. The van der Waals surface area contributed by atoms with E-state index in [2.05, 4.69) is 40.2 Å². The third kappa shape index (κ3) is 9.24. The van der Waals surface area contributed by atoms with Crippen LogP contribution in [0.15, 0.2) is 152 Å². The number of pyridine rings is 1.